The SMILES string of the molecule is CC(C)(CO)NC(=O)c1cc(C(C)(C)C)cc(C(=O)NC(C)(C)CO)c1O. The number of phenolic OH excluding ortho intramolecular Hbond substituents is 1. The molecule has 7 heteroatoms. The molecule has 0 saturated carbocycles. The zero-order valence-corrected chi connectivity index (χ0v) is 17.2. The van der Waals surface area contributed by atoms with Gasteiger partial charge in [-0.3, -0.25) is 9.59 Å². The highest BCUT2D eigenvalue weighted by Crippen LogP contribution is 2.31. The first kappa shape index (κ1) is 22.9. The van der Waals surface area contributed by atoms with Gasteiger partial charge in [0.25, 0.3) is 11.8 Å². The van der Waals surface area contributed by atoms with Crippen LogP contribution in [-0.2, 0) is 5.41 Å². The molecule has 1 rings (SSSR count). The smallest absolute Gasteiger partial charge is 0.255 e. The predicted octanol–water partition coefficient (Wildman–Crippen LogP) is 1.69. The van der Waals surface area contributed by atoms with E-state index in [0.29, 0.717) is 5.56 Å². The van der Waals surface area contributed by atoms with Gasteiger partial charge in [0.1, 0.15) is 5.75 Å². The molecule has 0 atom stereocenters. The first-order valence-corrected chi connectivity index (χ1v) is 8.88. The van der Waals surface area contributed by atoms with E-state index in [1.165, 1.54) is 0 Å². The number of phenols is 1. The third-order valence-electron chi connectivity index (χ3n) is 4.16. The summed E-state index contributed by atoms with van der Waals surface area (Å²) < 4.78 is 0. The van der Waals surface area contributed by atoms with Crippen molar-refractivity contribution in [1.29, 1.82) is 0 Å². The Hall–Kier alpha value is -2.12. The van der Waals surface area contributed by atoms with E-state index in [0.717, 1.165) is 0 Å². The molecule has 0 aliphatic rings. The van der Waals surface area contributed by atoms with Gasteiger partial charge in [-0.15, -0.1) is 0 Å². The molecule has 152 valence electrons. The molecular weight excluding hydrogens is 348 g/mol. The van der Waals surface area contributed by atoms with Crippen LogP contribution in [0.3, 0.4) is 0 Å². The lowest BCUT2D eigenvalue weighted by Crippen LogP contribution is -2.47. The van der Waals surface area contributed by atoms with Crippen LogP contribution in [0.25, 0.3) is 0 Å². The van der Waals surface area contributed by atoms with Gasteiger partial charge in [-0.05, 0) is 50.8 Å². The fourth-order valence-corrected chi connectivity index (χ4v) is 2.24. The zero-order chi connectivity index (χ0) is 21.2. The number of rotatable bonds is 6. The summed E-state index contributed by atoms with van der Waals surface area (Å²) in [6, 6.07) is 3.10. The monoisotopic (exact) mass is 380 g/mol. The molecule has 27 heavy (non-hydrogen) atoms. The summed E-state index contributed by atoms with van der Waals surface area (Å²) in [6.07, 6.45) is 0. The van der Waals surface area contributed by atoms with Crippen molar-refractivity contribution in [3.63, 3.8) is 0 Å². The van der Waals surface area contributed by atoms with E-state index in [1.54, 1.807) is 39.8 Å². The summed E-state index contributed by atoms with van der Waals surface area (Å²) in [6.45, 7) is 11.8. The Morgan fingerprint density at radius 3 is 1.41 bits per heavy atom. The van der Waals surface area contributed by atoms with Crippen molar-refractivity contribution in [2.24, 2.45) is 0 Å². The third-order valence-corrected chi connectivity index (χ3v) is 4.16. The molecule has 0 spiro atoms. The second-order valence-electron chi connectivity index (χ2n) is 9.16. The molecule has 0 radical (unpaired) electrons. The number of amides is 2. The van der Waals surface area contributed by atoms with E-state index in [1.807, 2.05) is 20.8 Å². The number of carbonyl (C=O) groups is 2. The summed E-state index contributed by atoms with van der Waals surface area (Å²) >= 11 is 0. The quantitative estimate of drug-likeness (QED) is 0.515. The minimum absolute atomic E-state index is 0.0455. The van der Waals surface area contributed by atoms with Crippen molar-refractivity contribution < 1.29 is 24.9 Å². The van der Waals surface area contributed by atoms with Crippen LogP contribution in [0, 0.1) is 0 Å². The summed E-state index contributed by atoms with van der Waals surface area (Å²) in [5.74, 6) is -1.62. The molecule has 0 aliphatic carbocycles. The topological polar surface area (TPSA) is 119 Å². The lowest BCUT2D eigenvalue weighted by molar-refractivity contribution is 0.0863. The summed E-state index contributed by atoms with van der Waals surface area (Å²) in [5, 5.41) is 34.7. The molecule has 0 heterocycles. The number of hydrogen-bond donors (Lipinski definition) is 5. The lowest BCUT2D eigenvalue weighted by atomic mass is 9.84. The molecule has 0 unspecified atom stereocenters. The van der Waals surface area contributed by atoms with Crippen LogP contribution in [0.15, 0.2) is 12.1 Å². The molecule has 2 amide bonds. The van der Waals surface area contributed by atoms with Crippen molar-refractivity contribution in [1.82, 2.24) is 10.6 Å². The number of hydrogen-bond acceptors (Lipinski definition) is 5. The van der Waals surface area contributed by atoms with Crippen LogP contribution in [0.4, 0.5) is 0 Å². The summed E-state index contributed by atoms with van der Waals surface area (Å²) in [5.41, 5.74) is -1.55. The Bertz CT molecular complexity index is 667. The number of benzene rings is 1. The van der Waals surface area contributed by atoms with Crippen LogP contribution in [0.5, 0.6) is 5.75 Å². The maximum Gasteiger partial charge on any atom is 0.255 e. The van der Waals surface area contributed by atoms with E-state index >= 15 is 0 Å². The largest absolute Gasteiger partial charge is 0.506 e. The Morgan fingerprint density at radius 1 is 0.815 bits per heavy atom. The minimum Gasteiger partial charge on any atom is -0.506 e. The second kappa shape index (κ2) is 7.86. The number of aliphatic hydroxyl groups is 2. The number of aromatic hydroxyl groups is 1. The fraction of sp³-hybridized carbons (Fsp3) is 0.600. The van der Waals surface area contributed by atoms with E-state index in [4.69, 9.17) is 0 Å². The van der Waals surface area contributed by atoms with Gasteiger partial charge in [-0.1, -0.05) is 20.8 Å². The predicted molar refractivity (Wildman–Crippen MR) is 104 cm³/mol. The highest BCUT2D eigenvalue weighted by Gasteiger charge is 2.29. The van der Waals surface area contributed by atoms with Gasteiger partial charge in [-0.25, -0.2) is 0 Å². The fourth-order valence-electron chi connectivity index (χ4n) is 2.24. The minimum atomic E-state index is -0.886. The van der Waals surface area contributed by atoms with Gasteiger partial charge in [0.15, 0.2) is 0 Å². The molecule has 0 aromatic heterocycles. The molecule has 5 N–H and O–H groups in total. The van der Waals surface area contributed by atoms with Gasteiger partial charge < -0.3 is 26.0 Å². The maximum absolute atomic E-state index is 12.7. The van der Waals surface area contributed by atoms with Crippen molar-refractivity contribution >= 4 is 11.8 Å². The van der Waals surface area contributed by atoms with E-state index < -0.39 is 28.6 Å². The van der Waals surface area contributed by atoms with Gasteiger partial charge in [0.05, 0.1) is 35.4 Å². The number of carbonyl (C=O) groups excluding carboxylic acids is 2. The van der Waals surface area contributed by atoms with Gasteiger partial charge in [0, 0.05) is 0 Å². The van der Waals surface area contributed by atoms with Crippen LogP contribution < -0.4 is 10.6 Å². The van der Waals surface area contributed by atoms with Crippen LogP contribution in [0.2, 0.25) is 0 Å². The first-order chi connectivity index (χ1) is 12.1. The Kier molecular flexibility index (Phi) is 6.67. The Balaban J connectivity index is 3.48. The molecule has 1 aromatic carbocycles. The Labute approximate surface area is 160 Å². The van der Waals surface area contributed by atoms with Crippen LogP contribution in [0.1, 0.15) is 74.7 Å². The van der Waals surface area contributed by atoms with Crippen molar-refractivity contribution in [3.8, 4) is 5.75 Å². The summed E-state index contributed by atoms with van der Waals surface area (Å²) in [7, 11) is 0. The highest BCUT2D eigenvalue weighted by molar-refractivity contribution is 6.04. The molecular formula is C20H32N2O5. The maximum atomic E-state index is 12.7. The van der Waals surface area contributed by atoms with E-state index in [-0.39, 0.29) is 29.8 Å². The standard InChI is InChI=1S/C20H32N2O5/c1-18(2,3)12-8-13(16(26)21-19(4,5)10-23)15(25)14(9-12)17(27)22-20(6,7)11-24/h8-9,23-25H,10-11H2,1-7H3,(H,21,26)(H,22,27). The summed E-state index contributed by atoms with van der Waals surface area (Å²) in [4.78, 5) is 25.4. The van der Waals surface area contributed by atoms with Gasteiger partial charge >= 0.3 is 0 Å². The molecule has 0 saturated heterocycles. The molecule has 7 nitrogen and oxygen atoms in total. The lowest BCUT2D eigenvalue weighted by Gasteiger charge is -2.27. The Morgan fingerprint density at radius 2 is 1.15 bits per heavy atom. The van der Waals surface area contributed by atoms with Gasteiger partial charge in [0.2, 0.25) is 0 Å². The van der Waals surface area contributed by atoms with Crippen molar-refractivity contribution in [2.45, 2.75) is 65.0 Å². The van der Waals surface area contributed by atoms with Gasteiger partial charge in [-0.2, -0.15) is 0 Å². The molecule has 0 fully saturated rings. The number of aliphatic hydroxyl groups excluding tert-OH is 2. The van der Waals surface area contributed by atoms with E-state index in [9.17, 15) is 24.9 Å². The van der Waals surface area contributed by atoms with Crippen molar-refractivity contribution in [3.05, 3.63) is 28.8 Å². The average Bonchev–Trinajstić information content (AvgIpc) is 2.52. The van der Waals surface area contributed by atoms with Crippen molar-refractivity contribution in [2.75, 3.05) is 13.2 Å². The zero-order valence-electron chi connectivity index (χ0n) is 17.2. The highest BCUT2D eigenvalue weighted by atomic mass is 16.3. The molecule has 0 aliphatic heterocycles. The van der Waals surface area contributed by atoms with Crippen LogP contribution in [-0.4, -0.2) is 51.4 Å². The molecule has 0 bridgehead atoms. The average molecular weight is 380 g/mol. The number of nitrogens with one attached hydrogen (secondary N) is 2. The third kappa shape index (κ3) is 5.94. The van der Waals surface area contributed by atoms with Crippen LogP contribution >= 0.6 is 0 Å². The second-order valence-corrected chi connectivity index (χ2v) is 9.16. The molecule has 1 aromatic rings. The van der Waals surface area contributed by atoms with E-state index in [2.05, 4.69) is 10.6 Å². The normalized spacial score (nSPS) is 12.6. The first-order valence-electron chi connectivity index (χ1n) is 8.88.